The number of urea groups is 4. The molecule has 9 amide bonds. The molecule has 0 spiro atoms. The van der Waals surface area contributed by atoms with Crippen molar-refractivity contribution in [2.24, 2.45) is 0 Å². The Bertz CT molecular complexity index is 5130. The summed E-state index contributed by atoms with van der Waals surface area (Å²) in [5.74, 6) is -1.58. The van der Waals surface area contributed by atoms with E-state index in [9.17, 15) is 62.0 Å². The van der Waals surface area contributed by atoms with E-state index < -0.39 is 86.0 Å². The number of hydrogen-bond acceptors (Lipinski definition) is 21. The molecule has 0 saturated carbocycles. The Hall–Kier alpha value is -10.5. The van der Waals surface area contributed by atoms with Crippen LogP contribution in [0, 0.1) is 12.7 Å². The summed E-state index contributed by atoms with van der Waals surface area (Å²) in [4.78, 5) is 92.4. The molecule has 0 unspecified atom stereocenters. The summed E-state index contributed by atoms with van der Waals surface area (Å²) in [5, 5.41) is 9.36. The van der Waals surface area contributed by atoms with Crippen molar-refractivity contribution in [3.63, 3.8) is 0 Å². The lowest BCUT2D eigenvalue weighted by Gasteiger charge is -2.16. The first kappa shape index (κ1) is 74.7. The van der Waals surface area contributed by atoms with Gasteiger partial charge in [-0.15, -0.1) is 0 Å². The van der Waals surface area contributed by atoms with Crippen LogP contribution in [0.3, 0.4) is 0 Å². The van der Waals surface area contributed by atoms with Gasteiger partial charge in [0, 0.05) is 60.9 Å². The number of benzene rings is 4. The fourth-order valence-corrected chi connectivity index (χ4v) is 19.2. The summed E-state index contributed by atoms with van der Waals surface area (Å²) in [6.45, 7) is 1.59. The number of amides is 9. The molecule has 16 rings (SSSR count). The summed E-state index contributed by atoms with van der Waals surface area (Å²) in [6, 6.07) is 7.98. The first-order valence-electron chi connectivity index (χ1n) is 35.2. The second-order valence-electron chi connectivity index (χ2n) is 27.4. The first-order chi connectivity index (χ1) is 51.2. The van der Waals surface area contributed by atoms with Crippen molar-refractivity contribution in [1.82, 2.24) is 63.7 Å². The van der Waals surface area contributed by atoms with Crippen molar-refractivity contribution in [2.75, 3.05) is 35.4 Å². The van der Waals surface area contributed by atoms with Gasteiger partial charge in [0.05, 0.1) is 6.20 Å². The van der Waals surface area contributed by atoms with E-state index in [1.54, 1.807) is 6.92 Å². The highest BCUT2D eigenvalue weighted by Gasteiger charge is 2.33. The molecule has 8 aliphatic carbocycles. The summed E-state index contributed by atoms with van der Waals surface area (Å²) in [7, 11) is -13.7. The molecule has 8 aliphatic rings. The number of halogens is 1. The lowest BCUT2D eigenvalue weighted by Crippen LogP contribution is -2.35. The molecule has 0 aliphatic heterocycles. The van der Waals surface area contributed by atoms with Gasteiger partial charge in [0.15, 0.2) is 20.9 Å². The normalized spacial score (nSPS) is 15.3. The van der Waals surface area contributed by atoms with Gasteiger partial charge < -0.3 is 26.2 Å². The predicted octanol–water partition coefficient (Wildman–Crippen LogP) is 8.01. The van der Waals surface area contributed by atoms with Gasteiger partial charge in [0.25, 0.3) is 46.0 Å². The predicted molar refractivity (Wildman–Crippen MR) is 390 cm³/mol. The third-order valence-electron chi connectivity index (χ3n) is 20.1. The van der Waals surface area contributed by atoms with Gasteiger partial charge in [-0.25, -0.2) is 82.3 Å². The Morgan fingerprint density at radius 2 is 0.673 bits per heavy atom. The van der Waals surface area contributed by atoms with Gasteiger partial charge in [0.1, 0.15) is 31.0 Å². The smallest absolute Gasteiger partial charge is 0.333 e. The molecular formula is C72H78FN17O13S4. The topological polar surface area (TPSA) is 425 Å². The van der Waals surface area contributed by atoms with Crippen molar-refractivity contribution < 1.29 is 62.0 Å². The zero-order valence-corrected chi connectivity index (χ0v) is 62.1. The van der Waals surface area contributed by atoms with Crippen molar-refractivity contribution in [3.8, 4) is 0 Å². The van der Waals surface area contributed by atoms with E-state index in [0.29, 0.717) is 11.3 Å². The van der Waals surface area contributed by atoms with Gasteiger partial charge in [-0.2, -0.15) is 33.7 Å². The number of nitrogens with zero attached hydrogens (tertiary/aromatic N) is 9. The van der Waals surface area contributed by atoms with Crippen molar-refractivity contribution in [1.29, 1.82) is 0 Å². The molecule has 30 nitrogen and oxygen atoms in total. The number of aryl methyl sites for hydroxylation is 9. The maximum absolute atomic E-state index is 13.6. The summed E-state index contributed by atoms with van der Waals surface area (Å²) in [6.07, 6.45) is 31.0. The van der Waals surface area contributed by atoms with E-state index in [1.165, 1.54) is 82.0 Å². The lowest BCUT2D eigenvalue weighted by atomic mass is 9.99. The molecule has 560 valence electrons. The maximum atomic E-state index is 13.6. The van der Waals surface area contributed by atoms with Gasteiger partial charge in [0.2, 0.25) is 5.03 Å². The summed E-state index contributed by atoms with van der Waals surface area (Å²) < 4.78 is 121. The van der Waals surface area contributed by atoms with E-state index in [-0.39, 0.29) is 15.7 Å². The standard InChI is InChI=1S/C20H23N5O4S.C18H20N4O3S.C17H17FN4O3S.C17H18N4O3S/c1-25(2)19(26)16-10-17(22-11-21-16)30(28,29)24-20(27)23-18-14-7-3-5-12(14)9-13-6-4-8-15(13)18;1-11-9-19-10-20-17(11)26(24,25)22-18(23)21-16-14-6-2-4-12(14)8-13-5-3-7-15(13)16;18-14-8-19-9-20-16(14)26(24,25)22-17(23)21-15-12-5-1-3-10(12)7-11-4-2-6-13(11)15;22-17(21-25(23,24)15-7-8-18-10-19-15)20-16-13-5-1-3-11(13)9-12-4-2-6-14(12)16/h9-11H,3-8H2,1-2H3,(H2,23,24,27);8-10H,2-7H2,1H3,(H2,21,22,23);7-9H,1-6H2,(H2,21,22,23);7-10H,1-6H2,(H2,20,21,22). The number of fused-ring (bicyclic) bond motifs is 8. The summed E-state index contributed by atoms with van der Waals surface area (Å²) in [5.41, 5.74) is 22.3. The molecule has 107 heavy (non-hydrogen) atoms. The molecule has 4 aromatic heterocycles. The van der Waals surface area contributed by atoms with Crippen LogP contribution in [-0.2, 0) is 143 Å². The summed E-state index contributed by atoms with van der Waals surface area (Å²) >= 11 is 0. The largest absolute Gasteiger partial charge is 0.343 e. The number of aromatic nitrogens is 8. The molecule has 0 saturated heterocycles. The maximum Gasteiger partial charge on any atom is 0.333 e. The zero-order valence-electron chi connectivity index (χ0n) is 58.8. The molecular weight excluding hydrogens is 1460 g/mol. The van der Waals surface area contributed by atoms with Crippen molar-refractivity contribution in [3.05, 3.63) is 186 Å². The van der Waals surface area contributed by atoms with Crippen molar-refractivity contribution >= 4 is 92.9 Å². The quantitative estimate of drug-likeness (QED) is 0.0506. The Kier molecular flexibility index (Phi) is 21.7. The number of nitrogens with one attached hydrogen (secondary N) is 8. The number of carbonyl (C=O) groups excluding carboxylic acids is 5. The van der Waals surface area contributed by atoms with E-state index in [4.69, 9.17) is 0 Å². The van der Waals surface area contributed by atoms with Gasteiger partial charge in [-0.1, -0.05) is 24.3 Å². The number of hydrogen-bond donors (Lipinski definition) is 8. The highest BCUT2D eigenvalue weighted by atomic mass is 32.2. The van der Waals surface area contributed by atoms with Crippen LogP contribution in [0.15, 0.2) is 100 Å². The minimum atomic E-state index is -4.43. The second-order valence-corrected chi connectivity index (χ2v) is 33.8. The van der Waals surface area contributed by atoms with Crippen LogP contribution in [0.2, 0.25) is 0 Å². The SMILES string of the molecule is CN(C)C(=O)c1cc(S(=O)(=O)NC(=O)Nc2c3c(cc4c2CCC4)CCC3)ncn1.Cc1cncnc1S(=O)(=O)NC(=O)Nc1c2c(cc3c1CCC3)CCC2.O=C(Nc1c2c(cc3c1CCC3)CCC2)NS(=O)(=O)c1ccncn1.O=C(Nc1c2c(cc3c1CCC3)CCC2)NS(=O)(=O)c1ncncc1F. The Balaban J connectivity index is 0.000000126. The fraction of sp³-hybridized carbons (Fsp3) is 0.375. The minimum Gasteiger partial charge on any atom is -0.343 e. The number of carbonyl (C=O) groups is 5. The Morgan fingerprint density at radius 1 is 0.364 bits per heavy atom. The van der Waals surface area contributed by atoms with Gasteiger partial charge in [-0.05, 0) is 256 Å². The van der Waals surface area contributed by atoms with Gasteiger partial charge in [-0.3, -0.25) is 4.79 Å². The highest BCUT2D eigenvalue weighted by molar-refractivity contribution is 7.90. The molecule has 4 heterocycles. The molecule has 35 heteroatoms. The number of rotatable bonds is 13. The third kappa shape index (κ3) is 16.4. The highest BCUT2D eigenvalue weighted by Crippen LogP contribution is 2.43. The number of anilines is 4. The van der Waals surface area contributed by atoms with E-state index >= 15 is 0 Å². The second kappa shape index (κ2) is 31.1. The van der Waals surface area contributed by atoms with E-state index in [2.05, 4.69) is 90.1 Å². The molecule has 0 fully saturated rings. The van der Waals surface area contributed by atoms with Crippen LogP contribution >= 0.6 is 0 Å². The molecule has 0 atom stereocenters. The Morgan fingerprint density at radius 3 is 1.00 bits per heavy atom. The molecule has 4 aromatic carbocycles. The first-order valence-corrected chi connectivity index (χ1v) is 41.2. The van der Waals surface area contributed by atoms with E-state index in [0.717, 1.165) is 253 Å². The fourth-order valence-electron chi connectivity index (χ4n) is 15.6. The van der Waals surface area contributed by atoms with E-state index in [1.807, 2.05) is 14.2 Å². The lowest BCUT2D eigenvalue weighted by molar-refractivity contribution is 0.0821. The molecule has 0 bridgehead atoms. The van der Waals surface area contributed by atoms with Crippen LogP contribution in [0.25, 0.3) is 0 Å². The average Bonchev–Trinajstić information content (AvgIpc) is 1.66. The minimum absolute atomic E-state index is 0.0746. The van der Waals surface area contributed by atoms with Crippen LogP contribution < -0.4 is 40.2 Å². The molecule has 8 aromatic rings. The number of sulfonamides is 4. The monoisotopic (exact) mass is 1540 g/mol. The molecule has 8 N–H and O–H groups in total. The Labute approximate surface area is 617 Å². The van der Waals surface area contributed by atoms with Crippen LogP contribution in [-0.4, -0.2) is 123 Å². The van der Waals surface area contributed by atoms with Gasteiger partial charge >= 0.3 is 24.1 Å². The zero-order chi connectivity index (χ0) is 75.5. The molecule has 0 radical (unpaired) electrons. The van der Waals surface area contributed by atoms with Crippen LogP contribution in [0.1, 0.15) is 156 Å². The van der Waals surface area contributed by atoms with Crippen LogP contribution in [0.5, 0.6) is 0 Å². The average molecular weight is 1540 g/mol. The van der Waals surface area contributed by atoms with Crippen molar-refractivity contribution in [2.45, 2.75) is 181 Å². The van der Waals surface area contributed by atoms with Crippen LogP contribution in [0.4, 0.5) is 46.3 Å². The third-order valence-corrected chi connectivity index (χ3v) is 25.2.